The van der Waals surface area contributed by atoms with Crippen molar-refractivity contribution in [2.75, 3.05) is 0 Å². The number of rotatable bonds is 4. The van der Waals surface area contributed by atoms with Gasteiger partial charge in [0.2, 0.25) is 0 Å². The number of nitrogens with zero attached hydrogens (tertiary/aromatic N) is 1. The van der Waals surface area contributed by atoms with Crippen LogP contribution in [0, 0.1) is 13.8 Å². The molecule has 0 radical (unpaired) electrons. The molecule has 0 fully saturated rings. The molecule has 0 aromatic heterocycles. The van der Waals surface area contributed by atoms with E-state index >= 15 is 0 Å². The number of benzene rings is 1. The average molecular weight is 275 g/mol. The maximum atomic E-state index is 12.4. The van der Waals surface area contributed by atoms with Crippen molar-refractivity contribution in [3.63, 3.8) is 0 Å². The van der Waals surface area contributed by atoms with Crippen LogP contribution >= 0.6 is 0 Å². The minimum absolute atomic E-state index is 0.263. The summed E-state index contributed by atoms with van der Waals surface area (Å²) in [6.45, 7) is 5.33. The number of hydrogen-bond acceptors (Lipinski definition) is 3. The molecule has 1 atom stereocenters. The summed E-state index contributed by atoms with van der Waals surface area (Å²) in [4.78, 5) is 37.1. The monoisotopic (exact) mass is 275 g/mol. The molecule has 106 valence electrons. The summed E-state index contributed by atoms with van der Waals surface area (Å²) >= 11 is 0. The van der Waals surface area contributed by atoms with E-state index < -0.39 is 23.8 Å². The molecule has 2 rings (SSSR count). The second-order valence-corrected chi connectivity index (χ2v) is 5.07. The molecule has 0 saturated heterocycles. The Balaban J connectivity index is 2.54. The first-order valence-electron chi connectivity index (χ1n) is 6.61. The van der Waals surface area contributed by atoms with Crippen molar-refractivity contribution in [1.29, 1.82) is 0 Å². The van der Waals surface area contributed by atoms with Gasteiger partial charge in [-0.15, -0.1) is 0 Å². The van der Waals surface area contributed by atoms with Gasteiger partial charge in [-0.1, -0.05) is 25.5 Å². The molecular formula is C15H17NO4. The Kier molecular flexibility index (Phi) is 3.61. The third-order valence-electron chi connectivity index (χ3n) is 3.65. The lowest BCUT2D eigenvalue weighted by Crippen LogP contribution is -2.44. The summed E-state index contributed by atoms with van der Waals surface area (Å²) in [5, 5.41) is 9.27. The van der Waals surface area contributed by atoms with Crippen molar-refractivity contribution in [2.24, 2.45) is 0 Å². The Bertz CT molecular complexity index is 565. The van der Waals surface area contributed by atoms with Gasteiger partial charge in [0, 0.05) is 0 Å². The molecule has 1 heterocycles. The molecule has 0 saturated carbocycles. The quantitative estimate of drug-likeness (QED) is 0.854. The van der Waals surface area contributed by atoms with Gasteiger partial charge in [0.25, 0.3) is 11.8 Å². The van der Waals surface area contributed by atoms with Gasteiger partial charge in [0.05, 0.1) is 11.1 Å². The van der Waals surface area contributed by atoms with Crippen LogP contribution in [0.25, 0.3) is 0 Å². The lowest BCUT2D eigenvalue weighted by molar-refractivity contribution is -0.141. The number of carbonyl (C=O) groups excluding carboxylic acids is 2. The first kappa shape index (κ1) is 14.2. The van der Waals surface area contributed by atoms with Crippen LogP contribution in [0.5, 0.6) is 0 Å². The Hall–Kier alpha value is -2.17. The van der Waals surface area contributed by atoms with Crippen LogP contribution in [-0.4, -0.2) is 33.8 Å². The van der Waals surface area contributed by atoms with Gasteiger partial charge in [0.15, 0.2) is 0 Å². The van der Waals surface area contributed by atoms with E-state index in [0.29, 0.717) is 28.7 Å². The molecule has 1 aliphatic rings. The van der Waals surface area contributed by atoms with Gasteiger partial charge in [0.1, 0.15) is 6.04 Å². The summed E-state index contributed by atoms with van der Waals surface area (Å²) in [7, 11) is 0. The average Bonchev–Trinajstić information content (AvgIpc) is 2.64. The summed E-state index contributed by atoms with van der Waals surface area (Å²) in [6, 6.07) is 2.46. The fraction of sp³-hybridized carbons (Fsp3) is 0.400. The van der Waals surface area contributed by atoms with E-state index in [9.17, 15) is 19.5 Å². The molecule has 1 aromatic rings. The van der Waals surface area contributed by atoms with Crippen LogP contribution in [0.1, 0.15) is 51.6 Å². The highest BCUT2D eigenvalue weighted by molar-refractivity contribution is 6.23. The zero-order valence-electron chi connectivity index (χ0n) is 11.8. The lowest BCUT2D eigenvalue weighted by atomic mass is 9.99. The van der Waals surface area contributed by atoms with Crippen molar-refractivity contribution in [1.82, 2.24) is 4.90 Å². The highest BCUT2D eigenvalue weighted by Gasteiger charge is 2.43. The third-order valence-corrected chi connectivity index (χ3v) is 3.65. The van der Waals surface area contributed by atoms with E-state index in [1.165, 1.54) is 0 Å². The number of carboxylic acid groups (broad SMARTS) is 1. The van der Waals surface area contributed by atoms with Gasteiger partial charge in [-0.3, -0.25) is 14.5 Å². The van der Waals surface area contributed by atoms with Gasteiger partial charge in [-0.2, -0.15) is 0 Å². The molecule has 5 heteroatoms. The maximum Gasteiger partial charge on any atom is 0.326 e. The minimum Gasteiger partial charge on any atom is -0.480 e. The molecule has 1 aliphatic heterocycles. The van der Waals surface area contributed by atoms with E-state index in [-0.39, 0.29) is 6.42 Å². The molecule has 0 spiro atoms. The normalized spacial score (nSPS) is 15.4. The maximum absolute atomic E-state index is 12.4. The minimum atomic E-state index is -1.14. The molecule has 0 bridgehead atoms. The number of carbonyl (C=O) groups is 3. The first-order chi connectivity index (χ1) is 9.40. The predicted octanol–water partition coefficient (Wildman–Crippen LogP) is 2.15. The first-order valence-corrected chi connectivity index (χ1v) is 6.61. The second kappa shape index (κ2) is 5.07. The molecular weight excluding hydrogens is 258 g/mol. The SMILES string of the molecule is CCCC(C(=O)O)N1C(=O)c2c(C)ccc(C)c2C1=O. The predicted molar refractivity (Wildman–Crippen MR) is 72.7 cm³/mol. The topological polar surface area (TPSA) is 74.7 Å². The highest BCUT2D eigenvalue weighted by atomic mass is 16.4. The van der Waals surface area contributed by atoms with Crippen molar-refractivity contribution in [3.8, 4) is 0 Å². The van der Waals surface area contributed by atoms with E-state index in [1.54, 1.807) is 26.0 Å². The van der Waals surface area contributed by atoms with Crippen molar-refractivity contribution in [2.45, 2.75) is 39.7 Å². The second-order valence-electron chi connectivity index (χ2n) is 5.07. The highest BCUT2D eigenvalue weighted by Crippen LogP contribution is 2.30. The molecule has 2 amide bonds. The van der Waals surface area contributed by atoms with Crippen LogP contribution in [0.2, 0.25) is 0 Å². The van der Waals surface area contributed by atoms with Crippen LogP contribution in [0.4, 0.5) is 0 Å². The summed E-state index contributed by atoms with van der Waals surface area (Å²) in [5.74, 6) is -2.13. The van der Waals surface area contributed by atoms with Crippen LogP contribution in [0.15, 0.2) is 12.1 Å². The smallest absolute Gasteiger partial charge is 0.326 e. The van der Waals surface area contributed by atoms with Crippen molar-refractivity contribution >= 4 is 17.8 Å². The molecule has 20 heavy (non-hydrogen) atoms. The van der Waals surface area contributed by atoms with Gasteiger partial charge >= 0.3 is 5.97 Å². The largest absolute Gasteiger partial charge is 0.480 e. The number of aryl methyl sites for hydroxylation is 2. The number of imide groups is 1. The molecule has 1 N–H and O–H groups in total. The van der Waals surface area contributed by atoms with E-state index in [2.05, 4.69) is 0 Å². The Labute approximate surface area is 117 Å². The fourth-order valence-electron chi connectivity index (χ4n) is 2.61. The third kappa shape index (κ3) is 1.99. The van der Waals surface area contributed by atoms with Crippen LogP contribution in [0.3, 0.4) is 0 Å². The summed E-state index contributed by atoms with van der Waals surface area (Å²) in [5.41, 5.74) is 2.09. The standard InChI is InChI=1S/C15H17NO4/c1-4-5-10(15(19)20)16-13(17)11-8(2)6-7-9(3)12(11)14(16)18/h6-7,10H,4-5H2,1-3H3,(H,19,20). The number of amides is 2. The van der Waals surface area contributed by atoms with Crippen molar-refractivity contribution in [3.05, 3.63) is 34.4 Å². The summed E-state index contributed by atoms with van der Waals surface area (Å²) in [6.07, 6.45) is 0.848. The number of aliphatic carboxylic acids is 1. The number of fused-ring (bicyclic) bond motifs is 1. The number of hydrogen-bond donors (Lipinski definition) is 1. The van der Waals surface area contributed by atoms with Crippen LogP contribution < -0.4 is 0 Å². The Morgan fingerprint density at radius 2 is 1.60 bits per heavy atom. The number of carboxylic acids is 1. The Morgan fingerprint density at radius 3 is 1.95 bits per heavy atom. The van der Waals surface area contributed by atoms with Gasteiger partial charge in [-0.05, 0) is 31.4 Å². The molecule has 0 aliphatic carbocycles. The van der Waals surface area contributed by atoms with Crippen LogP contribution in [-0.2, 0) is 4.79 Å². The van der Waals surface area contributed by atoms with Gasteiger partial charge in [-0.25, -0.2) is 4.79 Å². The lowest BCUT2D eigenvalue weighted by Gasteiger charge is -2.22. The van der Waals surface area contributed by atoms with Gasteiger partial charge < -0.3 is 5.11 Å². The van der Waals surface area contributed by atoms with Crippen molar-refractivity contribution < 1.29 is 19.5 Å². The molecule has 1 aromatic carbocycles. The van der Waals surface area contributed by atoms with E-state index in [4.69, 9.17) is 0 Å². The zero-order chi connectivity index (χ0) is 15.0. The molecule has 5 nitrogen and oxygen atoms in total. The Morgan fingerprint density at radius 1 is 1.15 bits per heavy atom. The van der Waals surface area contributed by atoms with E-state index in [1.807, 2.05) is 6.92 Å². The zero-order valence-corrected chi connectivity index (χ0v) is 11.8. The summed E-state index contributed by atoms with van der Waals surface area (Å²) < 4.78 is 0. The molecule has 1 unspecified atom stereocenters. The van der Waals surface area contributed by atoms with E-state index in [0.717, 1.165) is 4.90 Å². The fourth-order valence-corrected chi connectivity index (χ4v) is 2.61.